The highest BCUT2D eigenvalue weighted by atomic mass is 35.5. The van der Waals surface area contributed by atoms with Crippen molar-refractivity contribution in [2.24, 2.45) is 0 Å². The van der Waals surface area contributed by atoms with Gasteiger partial charge in [0.1, 0.15) is 5.75 Å². The van der Waals surface area contributed by atoms with E-state index in [2.05, 4.69) is 20.8 Å². The Balaban J connectivity index is 1.52. The smallest absolute Gasteiger partial charge is 0.315 e. The Hall–Kier alpha value is -2.42. The minimum Gasteiger partial charge on any atom is -0.497 e. The molecule has 3 aromatic rings. The molecular formula is C24H27Cl2N5O2S. The zero-order valence-electron chi connectivity index (χ0n) is 18.9. The maximum atomic E-state index is 12.5. The summed E-state index contributed by atoms with van der Waals surface area (Å²) in [7, 11) is 1.65. The van der Waals surface area contributed by atoms with Crippen LogP contribution in [0.5, 0.6) is 5.75 Å². The average molecular weight is 520 g/mol. The number of hydrogen-bond donors (Lipinski definition) is 2. The van der Waals surface area contributed by atoms with E-state index in [-0.39, 0.29) is 18.6 Å². The highest BCUT2D eigenvalue weighted by molar-refractivity contribution is 7.98. The lowest BCUT2D eigenvalue weighted by atomic mass is 9.96. The second-order valence-electron chi connectivity index (χ2n) is 8.13. The Morgan fingerprint density at radius 2 is 1.97 bits per heavy atom. The summed E-state index contributed by atoms with van der Waals surface area (Å²) in [6.07, 6.45) is 5.59. The molecule has 4 rings (SSSR count). The number of carbonyl (C=O) groups is 1. The van der Waals surface area contributed by atoms with Gasteiger partial charge in [0.25, 0.3) is 0 Å². The van der Waals surface area contributed by atoms with E-state index >= 15 is 0 Å². The first-order valence-electron chi connectivity index (χ1n) is 11.2. The predicted octanol–water partition coefficient (Wildman–Crippen LogP) is 6.01. The van der Waals surface area contributed by atoms with Crippen LogP contribution < -0.4 is 15.4 Å². The van der Waals surface area contributed by atoms with E-state index in [1.165, 1.54) is 18.2 Å². The number of aromatic nitrogens is 3. The van der Waals surface area contributed by atoms with Gasteiger partial charge in [-0.15, -0.1) is 10.2 Å². The summed E-state index contributed by atoms with van der Waals surface area (Å²) >= 11 is 14.2. The summed E-state index contributed by atoms with van der Waals surface area (Å²) in [5.41, 5.74) is 1.79. The van der Waals surface area contributed by atoms with Crippen LogP contribution in [0.4, 0.5) is 4.79 Å². The van der Waals surface area contributed by atoms with Crippen LogP contribution in [0.1, 0.15) is 43.5 Å². The Morgan fingerprint density at radius 3 is 2.74 bits per heavy atom. The lowest BCUT2D eigenvalue weighted by Crippen LogP contribution is -2.42. The molecular weight excluding hydrogens is 493 g/mol. The fraction of sp³-hybridized carbons (Fsp3) is 0.375. The van der Waals surface area contributed by atoms with Gasteiger partial charge < -0.3 is 15.4 Å². The number of urea groups is 1. The van der Waals surface area contributed by atoms with Crippen molar-refractivity contribution >= 4 is 41.0 Å². The molecule has 1 aliphatic rings. The van der Waals surface area contributed by atoms with Crippen LogP contribution in [-0.2, 0) is 12.3 Å². The van der Waals surface area contributed by atoms with Crippen molar-refractivity contribution in [2.45, 2.75) is 55.6 Å². The number of thioether (sulfide) groups is 1. The summed E-state index contributed by atoms with van der Waals surface area (Å²) in [5.74, 6) is 2.04. The molecule has 1 saturated carbocycles. The fourth-order valence-electron chi connectivity index (χ4n) is 3.97. The number of nitrogens with zero attached hydrogens (tertiary/aromatic N) is 3. The Labute approximate surface area is 213 Å². The monoisotopic (exact) mass is 519 g/mol. The molecule has 0 saturated heterocycles. The molecule has 180 valence electrons. The number of carbonyl (C=O) groups excluding carboxylic acids is 1. The molecule has 0 atom stereocenters. The van der Waals surface area contributed by atoms with Crippen LogP contribution in [0, 0.1) is 0 Å². The SMILES string of the molecule is COc1cccc(CSc2nnc(CNC(=O)NC3CCCCC3)n2-c2ccc(Cl)cc2Cl)c1. The van der Waals surface area contributed by atoms with E-state index in [4.69, 9.17) is 27.9 Å². The number of methoxy groups -OCH3 is 1. The topological polar surface area (TPSA) is 81.1 Å². The number of halogens is 2. The van der Waals surface area contributed by atoms with Crippen molar-refractivity contribution in [3.63, 3.8) is 0 Å². The molecule has 0 radical (unpaired) electrons. The van der Waals surface area contributed by atoms with Crippen molar-refractivity contribution in [3.8, 4) is 11.4 Å². The standard InChI is InChI=1S/C24H27Cl2N5O2S/c1-33-19-9-5-6-16(12-19)15-34-24-30-29-22(31(24)21-11-10-17(25)13-20(21)26)14-27-23(32)28-18-7-3-2-4-8-18/h5-6,9-13,18H,2-4,7-8,14-15H2,1H3,(H2,27,28,32). The molecule has 7 nitrogen and oxygen atoms in total. The van der Waals surface area contributed by atoms with Gasteiger partial charge in [-0.3, -0.25) is 4.57 Å². The molecule has 0 aliphatic heterocycles. The van der Waals surface area contributed by atoms with Gasteiger partial charge in [0, 0.05) is 16.8 Å². The van der Waals surface area contributed by atoms with Crippen molar-refractivity contribution in [1.82, 2.24) is 25.4 Å². The molecule has 2 aromatic carbocycles. The Bertz CT molecular complexity index is 1130. The second kappa shape index (κ2) is 11.8. The molecule has 0 spiro atoms. The maximum Gasteiger partial charge on any atom is 0.315 e. The molecule has 34 heavy (non-hydrogen) atoms. The van der Waals surface area contributed by atoms with E-state index in [0.717, 1.165) is 37.0 Å². The van der Waals surface area contributed by atoms with Crippen LogP contribution in [0.15, 0.2) is 47.6 Å². The van der Waals surface area contributed by atoms with E-state index in [0.29, 0.717) is 32.5 Å². The second-order valence-corrected chi connectivity index (χ2v) is 9.92. The number of benzene rings is 2. The highest BCUT2D eigenvalue weighted by Gasteiger charge is 2.19. The van der Waals surface area contributed by atoms with Crippen LogP contribution in [0.3, 0.4) is 0 Å². The van der Waals surface area contributed by atoms with Crippen molar-refractivity contribution in [1.29, 1.82) is 0 Å². The van der Waals surface area contributed by atoms with E-state index < -0.39 is 0 Å². The first-order chi connectivity index (χ1) is 16.5. The van der Waals surface area contributed by atoms with Gasteiger partial charge in [0.2, 0.25) is 0 Å². The highest BCUT2D eigenvalue weighted by Crippen LogP contribution is 2.31. The van der Waals surface area contributed by atoms with Gasteiger partial charge in [0.15, 0.2) is 11.0 Å². The average Bonchev–Trinajstić information content (AvgIpc) is 3.24. The van der Waals surface area contributed by atoms with Gasteiger partial charge >= 0.3 is 6.03 Å². The lowest BCUT2D eigenvalue weighted by Gasteiger charge is -2.22. The first kappa shape index (κ1) is 24.7. The Morgan fingerprint density at radius 1 is 1.15 bits per heavy atom. The summed E-state index contributed by atoms with van der Waals surface area (Å²) in [6, 6.07) is 13.2. The van der Waals surface area contributed by atoms with Gasteiger partial charge in [-0.1, -0.05) is 66.4 Å². The molecule has 1 fully saturated rings. The molecule has 1 aliphatic carbocycles. The number of nitrogens with one attached hydrogen (secondary N) is 2. The third kappa shape index (κ3) is 6.37. The molecule has 0 unspecified atom stereocenters. The largest absolute Gasteiger partial charge is 0.497 e. The van der Waals surface area contributed by atoms with Crippen molar-refractivity contribution in [2.75, 3.05) is 7.11 Å². The third-order valence-corrected chi connectivity index (χ3v) is 7.24. The third-order valence-electron chi connectivity index (χ3n) is 5.70. The first-order valence-corrected chi connectivity index (χ1v) is 13.0. The van der Waals surface area contributed by atoms with Gasteiger partial charge in [-0.25, -0.2) is 4.79 Å². The summed E-state index contributed by atoms with van der Waals surface area (Å²) in [4.78, 5) is 12.5. The molecule has 1 aromatic heterocycles. The summed E-state index contributed by atoms with van der Waals surface area (Å²) < 4.78 is 7.19. The molecule has 2 amide bonds. The quantitative estimate of drug-likeness (QED) is 0.356. The fourth-order valence-corrected chi connectivity index (χ4v) is 5.37. The summed E-state index contributed by atoms with van der Waals surface area (Å²) in [5, 5.41) is 16.4. The predicted molar refractivity (Wildman–Crippen MR) is 136 cm³/mol. The van der Waals surface area contributed by atoms with E-state index in [1.807, 2.05) is 34.9 Å². The number of hydrogen-bond acceptors (Lipinski definition) is 5. The van der Waals surface area contributed by atoms with Crippen LogP contribution in [-0.4, -0.2) is 33.9 Å². The zero-order chi connectivity index (χ0) is 23.9. The van der Waals surface area contributed by atoms with Gasteiger partial charge in [0.05, 0.1) is 24.4 Å². The molecule has 0 bridgehead atoms. The van der Waals surface area contributed by atoms with Crippen LogP contribution in [0.25, 0.3) is 5.69 Å². The number of rotatable bonds is 8. The molecule has 1 heterocycles. The van der Waals surface area contributed by atoms with Crippen LogP contribution in [0.2, 0.25) is 10.0 Å². The summed E-state index contributed by atoms with van der Waals surface area (Å²) in [6.45, 7) is 0.213. The van der Waals surface area contributed by atoms with E-state index in [9.17, 15) is 4.79 Å². The van der Waals surface area contributed by atoms with Crippen molar-refractivity contribution < 1.29 is 9.53 Å². The zero-order valence-corrected chi connectivity index (χ0v) is 21.2. The van der Waals surface area contributed by atoms with Gasteiger partial charge in [-0.2, -0.15) is 0 Å². The van der Waals surface area contributed by atoms with Gasteiger partial charge in [-0.05, 0) is 48.7 Å². The normalized spacial score (nSPS) is 14.1. The Kier molecular flexibility index (Phi) is 8.59. The number of amides is 2. The minimum absolute atomic E-state index is 0.200. The van der Waals surface area contributed by atoms with Crippen molar-refractivity contribution in [3.05, 3.63) is 63.9 Å². The molecule has 10 heteroatoms. The lowest BCUT2D eigenvalue weighted by molar-refractivity contribution is 0.232. The van der Waals surface area contributed by atoms with Crippen LogP contribution >= 0.6 is 35.0 Å². The minimum atomic E-state index is -0.200. The number of ether oxygens (including phenoxy) is 1. The molecule has 2 N–H and O–H groups in total. The van der Waals surface area contributed by atoms with E-state index in [1.54, 1.807) is 19.2 Å². The maximum absolute atomic E-state index is 12.5.